The fourth-order valence-electron chi connectivity index (χ4n) is 13.8. The van der Waals surface area contributed by atoms with Gasteiger partial charge in [0, 0.05) is 79.6 Å². The third-order valence-corrected chi connectivity index (χ3v) is 24.6. The van der Waals surface area contributed by atoms with Gasteiger partial charge < -0.3 is 116 Å². The summed E-state index contributed by atoms with van der Waals surface area (Å²) in [6, 6.07) is 44.2. The number of unbranched alkanes of at least 4 members (excludes halogenated alkanes) is 1. The number of hydrogen-bond acceptors (Lipinski definition) is 25. The number of aliphatic hydroxyl groups is 3. The van der Waals surface area contributed by atoms with E-state index in [9.17, 15) is 48.9 Å². The molecule has 1 saturated heterocycles. The average molecular weight is 1870 g/mol. The molecule has 1 fully saturated rings. The number of amides is 10. The Morgan fingerprint density at radius 3 is 1.49 bits per heavy atom. The maximum atomic E-state index is 15.3. The van der Waals surface area contributed by atoms with Crippen LogP contribution in [-0.2, 0) is 110 Å². The molecular weight excluding hydrogens is 1740 g/mol. The lowest BCUT2D eigenvalue weighted by molar-refractivity contribution is -0.136. The molecule has 33 nitrogen and oxygen atoms in total. The van der Waals surface area contributed by atoms with Crippen LogP contribution in [0.3, 0.4) is 0 Å². The van der Waals surface area contributed by atoms with Gasteiger partial charge in [0.15, 0.2) is 0 Å². The number of thioether (sulfide) groups is 1. The zero-order valence-electron chi connectivity index (χ0n) is 75.1. The first-order valence-corrected chi connectivity index (χ1v) is 47.8. The molecule has 0 radical (unpaired) electrons. The number of alkyl carbamates (subject to hydrolysis) is 1. The Kier molecular flexibility index (Phi) is 48.3. The van der Waals surface area contributed by atoms with Gasteiger partial charge in [-0.1, -0.05) is 191 Å². The second-order valence-corrected chi connectivity index (χ2v) is 35.9. The first-order chi connectivity index (χ1) is 63.4. The SMILES string of the molecule is C[C@@H](O)[C@@H]1NC(=O)[C@H](CCCCNC(=O)OC(C)(C)C)NC(=O)[C@@H](Cc2c[nH]c3ccccc23)NC(=O)[C@H](Cc2ccccc2)NC(=O)[C@@H](NC(=O)[C@@H](Cc2ccccc2)NC(=O)CCOCCOCCOCCOCCOCCOCCOCCOCCNC(=O)CCSC(c2ccccc2)(c2ccccc2)c2ccccc2)CSSC[C@@H](C(=O)N[C@H](CO)[C@@H](C)O)NC1=O. The molecule has 2 heterocycles. The average Bonchev–Trinajstić information content (AvgIpc) is 0.770. The van der Waals surface area contributed by atoms with Gasteiger partial charge in [-0.3, -0.25) is 43.2 Å². The van der Waals surface area contributed by atoms with E-state index >= 15 is 14.4 Å². The highest BCUT2D eigenvalue weighted by Gasteiger charge is 2.40. The number of aliphatic hydroxyl groups excluding tert-OH is 3. The second kappa shape index (κ2) is 59.5. The summed E-state index contributed by atoms with van der Waals surface area (Å²) in [4.78, 5) is 147. The molecule has 131 heavy (non-hydrogen) atoms. The Morgan fingerprint density at radius 2 is 0.962 bits per heavy atom. The number of ether oxygens (including phenoxy) is 9. The monoisotopic (exact) mass is 1870 g/mol. The van der Waals surface area contributed by atoms with Crippen molar-refractivity contribution in [2.24, 2.45) is 0 Å². The maximum absolute atomic E-state index is 15.3. The molecule has 0 bridgehead atoms. The summed E-state index contributed by atoms with van der Waals surface area (Å²) >= 11 is 1.75. The molecule has 10 amide bonds. The van der Waals surface area contributed by atoms with Gasteiger partial charge >= 0.3 is 6.09 Å². The summed E-state index contributed by atoms with van der Waals surface area (Å²) < 4.78 is 50.1. The van der Waals surface area contributed by atoms with E-state index < -0.39 is 131 Å². The Morgan fingerprint density at radius 1 is 0.489 bits per heavy atom. The zero-order valence-corrected chi connectivity index (χ0v) is 77.6. The standard InChI is InChI=1S/C95H129N11O22S3/c1-66(108)80(63-107)103-91(117)82-65-131-130-64-81(90(116)101-78(60-69-27-13-7-14-28-69)88(114)102-79(61-70-62-98-75-36-22-21-35-74(70)75)89(115)100-76(86(112)106-85(67(2)109)92(118)105-82)37-23-24-40-97-93(119)128-94(3,4)5)104-87(113)77(59-68-25-11-6-12-26-68)99-84(111)38-42-120-44-46-122-48-50-124-52-54-126-56-57-127-55-53-125-51-49-123-47-45-121-43-41-96-83(110)39-58-129-95(71-29-15-8-16-30-71,72-31-17-9-18-32-72)73-33-19-10-20-34-73/h6-22,25-36,62,66-67,76-82,85,98,107-109H,23-24,37-61,63-65H2,1-5H3,(H,96,110)(H,97,119)(H,99,111)(H,100,115)(H,101,116)(H,102,114)(H,103,117)(H,104,113)(H,105,118)(H,106,112)/t66-,67-,76+,77-,78+,79-,80-,81+,82+,85+/m1/s1. The van der Waals surface area contributed by atoms with E-state index in [0.29, 0.717) is 119 Å². The molecule has 0 saturated carbocycles. The Labute approximate surface area is 778 Å². The fraction of sp³-hybridized carbons (Fsp3) is 0.495. The molecule has 14 N–H and O–H groups in total. The minimum Gasteiger partial charge on any atom is -0.444 e. The maximum Gasteiger partial charge on any atom is 0.407 e. The summed E-state index contributed by atoms with van der Waals surface area (Å²) in [6.07, 6.45) is -1.81. The van der Waals surface area contributed by atoms with Crippen LogP contribution in [0.2, 0.25) is 0 Å². The molecule has 0 aliphatic carbocycles. The topological polar surface area (TPSA) is 451 Å². The number of carbonyl (C=O) groups excluding carboxylic acids is 10. The number of aromatic amines is 1. The highest BCUT2D eigenvalue weighted by Crippen LogP contribution is 2.48. The minimum absolute atomic E-state index is 0.0359. The number of para-hydroxylation sites is 1. The normalized spacial score (nSPS) is 17.8. The van der Waals surface area contributed by atoms with Crippen LogP contribution in [0.1, 0.15) is 100 Å². The van der Waals surface area contributed by atoms with E-state index in [1.54, 1.807) is 105 Å². The summed E-state index contributed by atoms with van der Waals surface area (Å²) in [6.45, 7) is 12.4. The van der Waals surface area contributed by atoms with E-state index in [-0.39, 0.29) is 102 Å². The van der Waals surface area contributed by atoms with E-state index in [1.165, 1.54) is 13.8 Å². The lowest BCUT2D eigenvalue weighted by atomic mass is 9.84. The predicted octanol–water partition coefficient (Wildman–Crippen LogP) is 5.67. The summed E-state index contributed by atoms with van der Waals surface area (Å²) in [5.74, 6) is -6.92. The van der Waals surface area contributed by atoms with Gasteiger partial charge in [0.05, 0.1) is 135 Å². The summed E-state index contributed by atoms with van der Waals surface area (Å²) in [7, 11) is 1.92. The van der Waals surface area contributed by atoms with E-state index in [4.69, 9.17) is 42.6 Å². The number of H-pyrrole nitrogens is 1. The van der Waals surface area contributed by atoms with Crippen molar-refractivity contribution in [3.8, 4) is 0 Å². The molecule has 10 atom stereocenters. The summed E-state index contributed by atoms with van der Waals surface area (Å²) in [5.41, 5.74) is 5.17. The molecule has 36 heteroatoms. The van der Waals surface area contributed by atoms with Gasteiger partial charge in [0.1, 0.15) is 47.9 Å². The first-order valence-electron chi connectivity index (χ1n) is 44.3. The molecule has 714 valence electrons. The van der Waals surface area contributed by atoms with Crippen LogP contribution in [0, 0.1) is 0 Å². The minimum atomic E-state index is -1.78. The molecule has 0 unspecified atom stereocenters. The Bertz CT molecular complexity index is 4450. The van der Waals surface area contributed by atoms with Crippen molar-refractivity contribution in [1.82, 2.24) is 58.2 Å². The molecule has 7 aromatic rings. The Hall–Kier alpha value is -10.0. The van der Waals surface area contributed by atoms with E-state index in [1.807, 2.05) is 36.4 Å². The molecule has 8 rings (SSSR count). The molecular formula is C95H129N11O22S3. The van der Waals surface area contributed by atoms with Crippen molar-refractivity contribution in [3.63, 3.8) is 0 Å². The van der Waals surface area contributed by atoms with E-state index in [2.05, 4.69) is 131 Å². The smallest absolute Gasteiger partial charge is 0.407 e. The van der Waals surface area contributed by atoms with Crippen LogP contribution in [0.4, 0.5) is 4.79 Å². The number of carbonyl (C=O) groups is 10. The van der Waals surface area contributed by atoms with Crippen molar-refractivity contribution in [2.45, 2.75) is 157 Å². The number of fused-ring (bicyclic) bond motifs is 1. The molecule has 0 spiro atoms. The van der Waals surface area contributed by atoms with Crippen LogP contribution in [0.5, 0.6) is 0 Å². The highest BCUT2D eigenvalue weighted by atomic mass is 33.1. The lowest BCUT2D eigenvalue weighted by Gasteiger charge is -2.35. The van der Waals surface area contributed by atoms with Gasteiger partial charge in [-0.05, 0) is 93.3 Å². The second-order valence-electron chi connectivity index (χ2n) is 32.0. The van der Waals surface area contributed by atoms with E-state index in [0.717, 1.165) is 38.3 Å². The third-order valence-electron chi connectivity index (χ3n) is 20.6. The quantitative estimate of drug-likeness (QED) is 0.0124. The van der Waals surface area contributed by atoms with Crippen LogP contribution >= 0.6 is 33.3 Å². The predicted molar refractivity (Wildman–Crippen MR) is 502 cm³/mol. The van der Waals surface area contributed by atoms with Crippen molar-refractivity contribution >= 4 is 104 Å². The van der Waals surface area contributed by atoms with Crippen LogP contribution in [-0.4, -0.2) is 288 Å². The third kappa shape index (κ3) is 39.0. The molecule has 1 aliphatic rings. The van der Waals surface area contributed by atoms with Crippen molar-refractivity contribution in [2.75, 3.05) is 143 Å². The van der Waals surface area contributed by atoms with Gasteiger partial charge in [-0.15, -0.1) is 11.8 Å². The number of nitrogens with one attached hydrogen (secondary N) is 11. The van der Waals surface area contributed by atoms with Crippen LogP contribution in [0.15, 0.2) is 182 Å². The van der Waals surface area contributed by atoms with Crippen molar-refractivity contribution in [3.05, 3.63) is 216 Å². The summed E-state index contributed by atoms with van der Waals surface area (Å²) in [5, 5.41) is 60.0. The lowest BCUT2D eigenvalue weighted by Crippen LogP contribution is -2.62. The molecule has 6 aromatic carbocycles. The van der Waals surface area contributed by atoms with Gasteiger partial charge in [0.25, 0.3) is 0 Å². The highest BCUT2D eigenvalue weighted by molar-refractivity contribution is 8.76. The first kappa shape index (κ1) is 106. The van der Waals surface area contributed by atoms with Gasteiger partial charge in [-0.25, -0.2) is 4.79 Å². The van der Waals surface area contributed by atoms with Crippen LogP contribution < -0.4 is 53.2 Å². The van der Waals surface area contributed by atoms with Crippen LogP contribution in [0.25, 0.3) is 10.9 Å². The van der Waals surface area contributed by atoms with Crippen molar-refractivity contribution in [1.29, 1.82) is 0 Å². The molecule has 1 aromatic heterocycles. The Balaban J connectivity index is 0.778. The fourth-order valence-corrected chi connectivity index (χ4v) is 17.6. The number of aromatic nitrogens is 1. The number of rotatable bonds is 53. The largest absolute Gasteiger partial charge is 0.444 e. The van der Waals surface area contributed by atoms with Gasteiger partial charge in [-0.2, -0.15) is 0 Å². The number of hydrogen-bond donors (Lipinski definition) is 14. The van der Waals surface area contributed by atoms with Crippen molar-refractivity contribution < 1.29 is 106 Å². The number of benzene rings is 6. The zero-order chi connectivity index (χ0) is 93.9. The van der Waals surface area contributed by atoms with Gasteiger partial charge in [0.2, 0.25) is 53.2 Å². The molecule has 1 aliphatic heterocycles.